The molecule has 3 rings (SSSR count). The molecule has 3 nitrogen and oxygen atoms in total. The zero-order chi connectivity index (χ0) is 14.1. The number of aromatic nitrogens is 1. The van der Waals surface area contributed by atoms with E-state index in [0.29, 0.717) is 0 Å². The summed E-state index contributed by atoms with van der Waals surface area (Å²) in [6.07, 6.45) is 7.08. The summed E-state index contributed by atoms with van der Waals surface area (Å²) >= 11 is 0. The van der Waals surface area contributed by atoms with E-state index in [4.69, 9.17) is 0 Å². The highest BCUT2D eigenvalue weighted by Gasteiger charge is 2.17. The van der Waals surface area contributed by atoms with Gasteiger partial charge in [0.05, 0.1) is 5.69 Å². The van der Waals surface area contributed by atoms with Crippen molar-refractivity contribution >= 4 is 11.6 Å². The standard InChI is InChI=1S/C17H17NO2/c1-11-7-8-18-17-13(3-2-4-14(11)17)9-12-5-6-15(19)16(20)10-12/h5-10,19-20H,2-4H2,1H3. The van der Waals surface area contributed by atoms with Crippen LogP contribution in [0.5, 0.6) is 11.5 Å². The average Bonchev–Trinajstić information content (AvgIpc) is 2.44. The number of phenolic OH excluding ortho intramolecular Hbond substituents is 2. The van der Waals surface area contributed by atoms with E-state index in [1.807, 2.05) is 18.3 Å². The molecule has 1 heterocycles. The molecule has 0 spiro atoms. The van der Waals surface area contributed by atoms with Gasteiger partial charge in [-0.15, -0.1) is 0 Å². The predicted molar refractivity (Wildman–Crippen MR) is 79.6 cm³/mol. The number of aryl methyl sites for hydroxylation is 1. The van der Waals surface area contributed by atoms with Crippen LogP contribution in [0.2, 0.25) is 0 Å². The second-order valence-corrected chi connectivity index (χ2v) is 5.23. The highest BCUT2D eigenvalue weighted by Crippen LogP contribution is 2.33. The molecule has 0 radical (unpaired) electrons. The lowest BCUT2D eigenvalue weighted by Crippen LogP contribution is -2.06. The Bertz CT molecular complexity index is 689. The first-order valence-electron chi connectivity index (χ1n) is 6.82. The molecular weight excluding hydrogens is 250 g/mol. The van der Waals surface area contributed by atoms with Crippen molar-refractivity contribution < 1.29 is 10.2 Å². The van der Waals surface area contributed by atoms with Crippen molar-refractivity contribution in [1.82, 2.24) is 4.98 Å². The van der Waals surface area contributed by atoms with Gasteiger partial charge < -0.3 is 10.2 Å². The largest absolute Gasteiger partial charge is 0.504 e. The van der Waals surface area contributed by atoms with E-state index in [0.717, 1.165) is 30.5 Å². The van der Waals surface area contributed by atoms with Crippen LogP contribution in [0, 0.1) is 6.92 Å². The molecule has 0 aliphatic heterocycles. The minimum atomic E-state index is -0.0924. The third-order valence-corrected chi connectivity index (χ3v) is 3.81. The van der Waals surface area contributed by atoms with Crippen LogP contribution in [0.1, 0.15) is 35.2 Å². The van der Waals surface area contributed by atoms with E-state index >= 15 is 0 Å². The second kappa shape index (κ2) is 5.00. The molecule has 0 fully saturated rings. The molecule has 0 saturated carbocycles. The van der Waals surface area contributed by atoms with E-state index in [2.05, 4.69) is 11.9 Å². The molecule has 3 heteroatoms. The van der Waals surface area contributed by atoms with Gasteiger partial charge in [0, 0.05) is 6.20 Å². The number of aromatic hydroxyl groups is 2. The number of nitrogens with zero attached hydrogens (tertiary/aromatic N) is 1. The zero-order valence-electron chi connectivity index (χ0n) is 11.4. The number of fused-ring (bicyclic) bond motifs is 1. The molecule has 2 N–H and O–H groups in total. The zero-order valence-corrected chi connectivity index (χ0v) is 11.4. The topological polar surface area (TPSA) is 53.4 Å². The van der Waals surface area contributed by atoms with Crippen molar-refractivity contribution in [1.29, 1.82) is 0 Å². The van der Waals surface area contributed by atoms with Gasteiger partial charge in [-0.25, -0.2) is 0 Å². The number of allylic oxidation sites excluding steroid dienone is 1. The Morgan fingerprint density at radius 3 is 2.75 bits per heavy atom. The lowest BCUT2D eigenvalue weighted by atomic mass is 9.88. The van der Waals surface area contributed by atoms with Crippen molar-refractivity contribution in [3.63, 3.8) is 0 Å². The Labute approximate surface area is 118 Å². The van der Waals surface area contributed by atoms with Crippen molar-refractivity contribution in [2.45, 2.75) is 26.2 Å². The monoisotopic (exact) mass is 267 g/mol. The smallest absolute Gasteiger partial charge is 0.157 e. The van der Waals surface area contributed by atoms with Crippen molar-refractivity contribution in [2.75, 3.05) is 0 Å². The van der Waals surface area contributed by atoms with Crippen LogP contribution in [0.3, 0.4) is 0 Å². The van der Waals surface area contributed by atoms with Crippen LogP contribution < -0.4 is 0 Å². The van der Waals surface area contributed by atoms with E-state index in [1.165, 1.54) is 22.8 Å². The maximum Gasteiger partial charge on any atom is 0.157 e. The third-order valence-electron chi connectivity index (χ3n) is 3.81. The van der Waals surface area contributed by atoms with Gasteiger partial charge in [-0.2, -0.15) is 0 Å². The highest BCUT2D eigenvalue weighted by atomic mass is 16.3. The van der Waals surface area contributed by atoms with Crippen LogP contribution in [-0.2, 0) is 6.42 Å². The molecule has 0 unspecified atom stereocenters. The Balaban J connectivity index is 2.05. The fourth-order valence-corrected chi connectivity index (χ4v) is 2.73. The summed E-state index contributed by atoms with van der Waals surface area (Å²) in [7, 11) is 0. The summed E-state index contributed by atoms with van der Waals surface area (Å²) in [5.74, 6) is -0.183. The summed E-state index contributed by atoms with van der Waals surface area (Å²) in [5.41, 5.74) is 5.76. The van der Waals surface area contributed by atoms with Gasteiger partial charge >= 0.3 is 0 Å². The SMILES string of the molecule is Cc1ccnc2c1CCCC2=Cc1ccc(O)c(O)c1. The number of hydrogen-bond donors (Lipinski definition) is 2. The molecular formula is C17H17NO2. The van der Waals surface area contributed by atoms with Gasteiger partial charge in [-0.1, -0.05) is 6.07 Å². The first kappa shape index (κ1) is 12.7. The Kier molecular flexibility index (Phi) is 3.18. The van der Waals surface area contributed by atoms with Crippen LogP contribution in [0.4, 0.5) is 0 Å². The van der Waals surface area contributed by atoms with Gasteiger partial charge in [0.25, 0.3) is 0 Å². The van der Waals surface area contributed by atoms with Gasteiger partial charge in [0.15, 0.2) is 11.5 Å². The number of benzene rings is 1. The van der Waals surface area contributed by atoms with Crippen molar-refractivity contribution in [3.05, 3.63) is 52.8 Å². The van der Waals surface area contributed by atoms with Gasteiger partial charge in [-0.3, -0.25) is 4.98 Å². The summed E-state index contributed by atoms with van der Waals surface area (Å²) in [6.45, 7) is 2.12. The maximum absolute atomic E-state index is 9.57. The van der Waals surface area contributed by atoms with Crippen LogP contribution >= 0.6 is 0 Å². The molecule has 0 saturated heterocycles. The van der Waals surface area contributed by atoms with E-state index in [-0.39, 0.29) is 11.5 Å². The first-order valence-corrected chi connectivity index (χ1v) is 6.82. The molecule has 1 aromatic carbocycles. The van der Waals surface area contributed by atoms with Crippen LogP contribution in [0.25, 0.3) is 11.6 Å². The van der Waals surface area contributed by atoms with Crippen molar-refractivity contribution in [2.24, 2.45) is 0 Å². The number of hydrogen-bond acceptors (Lipinski definition) is 3. The Morgan fingerprint density at radius 2 is 1.95 bits per heavy atom. The summed E-state index contributed by atoms with van der Waals surface area (Å²) in [5, 5.41) is 18.9. The number of rotatable bonds is 1. The summed E-state index contributed by atoms with van der Waals surface area (Å²) < 4.78 is 0. The van der Waals surface area contributed by atoms with E-state index in [1.54, 1.807) is 12.1 Å². The predicted octanol–water partition coefficient (Wildman–Crippen LogP) is 3.68. The molecule has 102 valence electrons. The number of pyridine rings is 1. The van der Waals surface area contributed by atoms with Crippen LogP contribution in [0.15, 0.2) is 30.5 Å². The molecule has 2 aromatic rings. The molecule has 0 atom stereocenters. The molecule has 1 aromatic heterocycles. The minimum Gasteiger partial charge on any atom is -0.504 e. The van der Waals surface area contributed by atoms with Gasteiger partial charge in [0.2, 0.25) is 0 Å². The lowest BCUT2D eigenvalue weighted by molar-refractivity contribution is 0.403. The van der Waals surface area contributed by atoms with Crippen LogP contribution in [-0.4, -0.2) is 15.2 Å². The summed E-state index contributed by atoms with van der Waals surface area (Å²) in [6, 6.07) is 6.93. The lowest BCUT2D eigenvalue weighted by Gasteiger charge is -2.19. The average molecular weight is 267 g/mol. The van der Waals surface area contributed by atoms with Crippen molar-refractivity contribution in [3.8, 4) is 11.5 Å². The second-order valence-electron chi connectivity index (χ2n) is 5.23. The Hall–Kier alpha value is -2.29. The fraction of sp³-hybridized carbons (Fsp3) is 0.235. The van der Waals surface area contributed by atoms with E-state index in [9.17, 15) is 10.2 Å². The highest BCUT2D eigenvalue weighted by molar-refractivity contribution is 5.82. The maximum atomic E-state index is 9.57. The van der Waals surface area contributed by atoms with E-state index < -0.39 is 0 Å². The normalized spacial score (nSPS) is 16.1. The third kappa shape index (κ3) is 2.27. The molecule has 1 aliphatic carbocycles. The van der Waals surface area contributed by atoms with Gasteiger partial charge in [0.1, 0.15) is 0 Å². The summed E-state index contributed by atoms with van der Waals surface area (Å²) in [4.78, 5) is 4.52. The molecule has 1 aliphatic rings. The van der Waals surface area contributed by atoms with Gasteiger partial charge in [-0.05, 0) is 72.7 Å². The molecule has 0 amide bonds. The number of phenols is 2. The first-order chi connectivity index (χ1) is 9.65. The molecule has 20 heavy (non-hydrogen) atoms. The quantitative estimate of drug-likeness (QED) is 0.775. The Morgan fingerprint density at radius 1 is 1.10 bits per heavy atom. The fourth-order valence-electron chi connectivity index (χ4n) is 2.73. The molecule has 0 bridgehead atoms. The minimum absolute atomic E-state index is 0.0902.